The van der Waals surface area contributed by atoms with E-state index in [1.807, 2.05) is 38.1 Å². The second kappa shape index (κ2) is 8.23. The number of halogens is 4. The first-order valence-electron chi connectivity index (χ1n) is 8.33. The van der Waals surface area contributed by atoms with Crippen LogP contribution in [0.15, 0.2) is 46.9 Å². The second-order valence-corrected chi connectivity index (χ2v) is 7.50. The topological polar surface area (TPSA) is 61.1 Å². The van der Waals surface area contributed by atoms with Gasteiger partial charge in [0, 0.05) is 10.9 Å². The summed E-state index contributed by atoms with van der Waals surface area (Å²) in [6.45, 7) is 3.96. The fourth-order valence-corrected chi connectivity index (χ4v) is 3.55. The molecule has 0 spiro atoms. The number of hydrogen-bond donors (Lipinski definition) is 1. The summed E-state index contributed by atoms with van der Waals surface area (Å²) in [5.41, 5.74) is 5.27. The predicted octanol–water partition coefficient (Wildman–Crippen LogP) is 6.44. The smallest absolute Gasteiger partial charge is 0.276 e. The molecule has 0 atom stereocenters. The summed E-state index contributed by atoms with van der Waals surface area (Å²) >= 11 is 7.16. The zero-order valence-corrected chi connectivity index (χ0v) is 16.9. The van der Waals surface area contributed by atoms with Crippen LogP contribution in [0.1, 0.15) is 21.7 Å². The molecule has 0 unspecified atom stereocenters. The van der Waals surface area contributed by atoms with Crippen LogP contribution in [0.5, 0.6) is 0 Å². The number of nitrogens with one attached hydrogen (secondary N) is 1. The maximum absolute atomic E-state index is 12.9. The molecular formula is C20H14ClF3N4S. The molecule has 0 aliphatic rings. The maximum atomic E-state index is 12.9. The minimum Gasteiger partial charge on any atom is -0.276 e. The molecule has 0 amide bonds. The van der Waals surface area contributed by atoms with Gasteiger partial charge in [-0.05, 0) is 37.6 Å². The lowest BCUT2D eigenvalue weighted by Crippen LogP contribution is -2.06. The van der Waals surface area contributed by atoms with E-state index in [1.54, 1.807) is 5.38 Å². The zero-order chi connectivity index (χ0) is 21.2. The number of nitrogens with zero attached hydrogens (tertiary/aromatic N) is 3. The molecule has 0 fully saturated rings. The number of thiazole rings is 1. The van der Waals surface area contributed by atoms with Crippen molar-refractivity contribution in [2.24, 2.45) is 5.10 Å². The van der Waals surface area contributed by atoms with Gasteiger partial charge in [-0.15, -0.1) is 11.3 Å². The lowest BCUT2D eigenvalue weighted by Gasteiger charge is -2.10. The van der Waals surface area contributed by atoms with Gasteiger partial charge >= 0.3 is 6.18 Å². The fraction of sp³-hybridized carbons (Fsp3) is 0.150. The Morgan fingerprint density at radius 1 is 1.21 bits per heavy atom. The lowest BCUT2D eigenvalue weighted by molar-refractivity contribution is -0.137. The molecule has 1 N–H and O–H groups in total. The number of benzene rings is 2. The van der Waals surface area contributed by atoms with Gasteiger partial charge in [0.2, 0.25) is 0 Å². The molecule has 29 heavy (non-hydrogen) atoms. The summed E-state index contributed by atoms with van der Waals surface area (Å²) in [7, 11) is 0. The Morgan fingerprint density at radius 2 is 1.97 bits per heavy atom. The van der Waals surface area contributed by atoms with Gasteiger partial charge in [-0.25, -0.2) is 4.98 Å². The van der Waals surface area contributed by atoms with Gasteiger partial charge < -0.3 is 0 Å². The van der Waals surface area contributed by atoms with Gasteiger partial charge in [0.1, 0.15) is 6.07 Å². The first kappa shape index (κ1) is 20.8. The number of aryl methyl sites for hydroxylation is 2. The van der Waals surface area contributed by atoms with Gasteiger partial charge in [-0.1, -0.05) is 35.4 Å². The Labute approximate surface area is 174 Å². The normalized spacial score (nSPS) is 12.0. The van der Waals surface area contributed by atoms with Gasteiger partial charge in [-0.3, -0.25) is 5.43 Å². The fourth-order valence-electron chi connectivity index (χ4n) is 2.63. The first-order chi connectivity index (χ1) is 13.7. The largest absolute Gasteiger partial charge is 0.416 e. The van der Waals surface area contributed by atoms with Crippen LogP contribution in [0.25, 0.3) is 11.3 Å². The molecule has 0 aliphatic carbocycles. The van der Waals surface area contributed by atoms with E-state index in [2.05, 4.69) is 15.5 Å². The standard InChI is InChI=1S/C20H14ClF3N4S/c1-11-3-5-14(12(2)7-11)18-10-29-19(26-18)17(9-25)28-27-16-8-13(20(22,23)24)4-6-15(16)21/h3-8,10,27H,1-2H3. The number of rotatable bonds is 4. The van der Waals surface area contributed by atoms with Crippen LogP contribution in [0.3, 0.4) is 0 Å². The monoisotopic (exact) mass is 434 g/mol. The highest BCUT2D eigenvalue weighted by Crippen LogP contribution is 2.34. The summed E-state index contributed by atoms with van der Waals surface area (Å²) < 4.78 is 38.7. The summed E-state index contributed by atoms with van der Waals surface area (Å²) in [5, 5.41) is 15.5. The highest BCUT2D eigenvalue weighted by Gasteiger charge is 2.31. The number of hydrogen-bond acceptors (Lipinski definition) is 5. The van der Waals surface area contributed by atoms with E-state index < -0.39 is 11.7 Å². The molecule has 1 aromatic heterocycles. The number of anilines is 1. The SMILES string of the molecule is Cc1ccc(-c2csc(C(C#N)=NNc3cc(C(F)(F)F)ccc3Cl)n2)c(C)c1. The van der Waals surface area contributed by atoms with Gasteiger partial charge in [0.05, 0.1) is 22.0 Å². The number of alkyl halides is 3. The molecule has 0 radical (unpaired) electrons. The lowest BCUT2D eigenvalue weighted by atomic mass is 10.0. The van der Waals surface area contributed by atoms with Crippen LogP contribution >= 0.6 is 22.9 Å². The molecule has 0 aliphatic heterocycles. The van der Waals surface area contributed by atoms with Crippen LogP contribution in [0, 0.1) is 25.2 Å². The molecule has 0 saturated heterocycles. The average molecular weight is 435 g/mol. The van der Waals surface area contributed by atoms with Crippen LogP contribution in [-0.4, -0.2) is 10.7 Å². The maximum Gasteiger partial charge on any atom is 0.416 e. The van der Waals surface area contributed by atoms with E-state index in [1.165, 1.54) is 11.3 Å². The Morgan fingerprint density at radius 3 is 2.62 bits per heavy atom. The van der Waals surface area contributed by atoms with Crippen molar-refractivity contribution in [2.75, 3.05) is 5.43 Å². The van der Waals surface area contributed by atoms with Gasteiger partial charge in [-0.2, -0.15) is 23.5 Å². The number of hydrazone groups is 1. The Bertz CT molecular complexity index is 1130. The molecule has 0 saturated carbocycles. The quantitative estimate of drug-likeness (QED) is 0.379. The number of nitriles is 1. The van der Waals surface area contributed by atoms with Crippen molar-refractivity contribution in [1.29, 1.82) is 5.26 Å². The van der Waals surface area contributed by atoms with Crippen molar-refractivity contribution in [3.05, 3.63) is 68.5 Å². The summed E-state index contributed by atoms with van der Waals surface area (Å²) in [6.07, 6.45) is -4.51. The molecular weight excluding hydrogens is 421 g/mol. The molecule has 3 aromatic rings. The summed E-state index contributed by atoms with van der Waals surface area (Å²) in [6, 6.07) is 10.7. The van der Waals surface area contributed by atoms with Crippen molar-refractivity contribution in [3.8, 4) is 17.3 Å². The molecule has 9 heteroatoms. The molecule has 148 valence electrons. The Kier molecular flexibility index (Phi) is 5.91. The van der Waals surface area contributed by atoms with E-state index >= 15 is 0 Å². The van der Waals surface area contributed by atoms with Gasteiger partial charge in [0.25, 0.3) is 0 Å². The summed E-state index contributed by atoms with van der Waals surface area (Å²) in [5.74, 6) is 0. The minimum absolute atomic E-state index is 0.0501. The predicted molar refractivity (Wildman–Crippen MR) is 109 cm³/mol. The Balaban J connectivity index is 1.89. The number of aromatic nitrogens is 1. The van der Waals surface area contributed by atoms with Crippen LogP contribution in [-0.2, 0) is 6.18 Å². The molecule has 1 heterocycles. The van der Waals surface area contributed by atoms with Gasteiger partial charge in [0.15, 0.2) is 10.7 Å². The van der Waals surface area contributed by atoms with Crippen molar-refractivity contribution >= 4 is 34.3 Å². The van der Waals surface area contributed by atoms with Crippen LogP contribution in [0.4, 0.5) is 18.9 Å². The molecule has 4 nitrogen and oxygen atoms in total. The highest BCUT2D eigenvalue weighted by molar-refractivity contribution is 7.12. The molecule has 0 bridgehead atoms. The molecule has 2 aromatic carbocycles. The highest BCUT2D eigenvalue weighted by atomic mass is 35.5. The Hall–Kier alpha value is -2.89. The minimum atomic E-state index is -4.51. The molecule has 3 rings (SSSR count). The van der Waals surface area contributed by atoms with E-state index in [-0.39, 0.29) is 16.4 Å². The van der Waals surface area contributed by atoms with E-state index in [0.717, 1.165) is 34.9 Å². The third-order valence-corrected chi connectivity index (χ3v) is 5.23. The van der Waals surface area contributed by atoms with Crippen LogP contribution < -0.4 is 5.43 Å². The zero-order valence-electron chi connectivity index (χ0n) is 15.3. The van der Waals surface area contributed by atoms with Crippen molar-refractivity contribution in [1.82, 2.24) is 4.98 Å². The summed E-state index contributed by atoms with van der Waals surface area (Å²) in [4.78, 5) is 4.45. The van der Waals surface area contributed by atoms with E-state index in [4.69, 9.17) is 11.6 Å². The van der Waals surface area contributed by atoms with Crippen LogP contribution in [0.2, 0.25) is 5.02 Å². The van der Waals surface area contributed by atoms with Crippen molar-refractivity contribution < 1.29 is 13.2 Å². The third-order valence-electron chi connectivity index (χ3n) is 4.05. The second-order valence-electron chi connectivity index (χ2n) is 6.23. The third kappa shape index (κ3) is 4.75. The van der Waals surface area contributed by atoms with E-state index in [0.29, 0.717) is 10.7 Å². The van der Waals surface area contributed by atoms with Crippen molar-refractivity contribution in [3.63, 3.8) is 0 Å². The average Bonchev–Trinajstić information content (AvgIpc) is 3.12. The first-order valence-corrected chi connectivity index (χ1v) is 9.59. The van der Waals surface area contributed by atoms with Crippen molar-refractivity contribution in [2.45, 2.75) is 20.0 Å². The van der Waals surface area contributed by atoms with E-state index in [9.17, 15) is 18.4 Å².